The number of fused-ring (bicyclic) bond motifs is 1. The number of rotatable bonds is 8. The summed E-state index contributed by atoms with van der Waals surface area (Å²) in [6, 6.07) is 22.4. The van der Waals surface area contributed by atoms with E-state index in [2.05, 4.69) is 25.2 Å². The molecule has 3 aromatic heterocycles. The average Bonchev–Trinajstić information content (AvgIpc) is 3.48. The number of amides is 1. The van der Waals surface area contributed by atoms with E-state index >= 15 is 0 Å². The van der Waals surface area contributed by atoms with Gasteiger partial charge in [-0.25, -0.2) is 23.5 Å². The highest BCUT2D eigenvalue weighted by atomic mass is 32.2. The summed E-state index contributed by atoms with van der Waals surface area (Å²) in [6.45, 7) is 1.78. The first-order valence-electron chi connectivity index (χ1n) is 11.7. The van der Waals surface area contributed by atoms with E-state index in [1.807, 2.05) is 36.4 Å². The Morgan fingerprint density at radius 2 is 1.82 bits per heavy atom. The Balaban J connectivity index is 1.34. The summed E-state index contributed by atoms with van der Waals surface area (Å²) < 4.78 is 32.8. The lowest BCUT2D eigenvalue weighted by Crippen LogP contribution is -2.23. The molecule has 0 unspecified atom stereocenters. The molecule has 0 atom stereocenters. The van der Waals surface area contributed by atoms with E-state index in [0.29, 0.717) is 39.2 Å². The van der Waals surface area contributed by atoms with Gasteiger partial charge < -0.3 is 4.42 Å². The second-order valence-corrected chi connectivity index (χ2v) is 10.1. The van der Waals surface area contributed by atoms with Gasteiger partial charge >= 0.3 is 0 Å². The van der Waals surface area contributed by atoms with Crippen LogP contribution in [0.2, 0.25) is 0 Å². The number of sulfonamides is 1. The van der Waals surface area contributed by atoms with E-state index in [4.69, 9.17) is 4.42 Å². The van der Waals surface area contributed by atoms with Crippen LogP contribution in [-0.4, -0.2) is 30.0 Å². The molecule has 0 spiro atoms. The van der Waals surface area contributed by atoms with Crippen LogP contribution < -0.4 is 10.1 Å². The quantitative estimate of drug-likeness (QED) is 0.227. The highest BCUT2D eigenvalue weighted by molar-refractivity contribution is 7.89. The van der Waals surface area contributed by atoms with Crippen molar-refractivity contribution in [3.8, 4) is 11.3 Å². The minimum absolute atomic E-state index is 0.0514. The van der Waals surface area contributed by atoms with Crippen molar-refractivity contribution in [2.24, 2.45) is 5.10 Å². The molecule has 0 aliphatic heterocycles. The van der Waals surface area contributed by atoms with E-state index in [-0.39, 0.29) is 11.4 Å². The molecule has 1 amide bonds. The lowest BCUT2D eigenvalue weighted by Gasteiger charge is -2.10. The summed E-state index contributed by atoms with van der Waals surface area (Å²) in [5.41, 5.74) is 6.30. The van der Waals surface area contributed by atoms with E-state index < -0.39 is 15.9 Å². The molecule has 0 aliphatic rings. The standard InChI is InChI=1S/C28H23N5O4S/c1-19(20-10-12-23(13-11-20)38(35,36)30-18-22-7-5-15-37-22)32-33-28(34)25-16-27(21-6-4-14-29-17-21)31-26-9-3-2-8-24(25)26/h2-17,30H,18H2,1H3,(H,33,34)/b32-19-. The molecule has 10 heteroatoms. The molecule has 9 nitrogen and oxygen atoms in total. The molecule has 190 valence electrons. The van der Waals surface area contributed by atoms with Gasteiger partial charge in [0.15, 0.2) is 0 Å². The second-order valence-electron chi connectivity index (χ2n) is 8.38. The van der Waals surface area contributed by atoms with Crippen LogP contribution >= 0.6 is 0 Å². The number of hydrazone groups is 1. The molecule has 0 saturated carbocycles. The Labute approximate surface area is 219 Å². The Hall–Kier alpha value is -4.67. The summed E-state index contributed by atoms with van der Waals surface area (Å²) >= 11 is 0. The smallest absolute Gasteiger partial charge is 0.272 e. The van der Waals surface area contributed by atoms with Crippen LogP contribution in [0.5, 0.6) is 0 Å². The molecule has 0 bridgehead atoms. The molecule has 0 radical (unpaired) electrons. The second kappa shape index (κ2) is 10.8. The number of carbonyl (C=O) groups excluding carboxylic acids is 1. The highest BCUT2D eigenvalue weighted by Gasteiger charge is 2.16. The van der Waals surface area contributed by atoms with Crippen LogP contribution in [0.1, 0.15) is 28.6 Å². The number of furan rings is 1. The molecule has 5 rings (SSSR count). The summed E-state index contributed by atoms with van der Waals surface area (Å²) in [6.07, 6.45) is 4.85. The largest absolute Gasteiger partial charge is 0.468 e. The number of pyridine rings is 2. The zero-order valence-corrected chi connectivity index (χ0v) is 21.1. The van der Waals surface area contributed by atoms with Crippen molar-refractivity contribution in [1.29, 1.82) is 0 Å². The molecule has 2 aromatic carbocycles. The minimum Gasteiger partial charge on any atom is -0.468 e. The Kier molecular flexibility index (Phi) is 7.07. The SMILES string of the molecule is C/C(=N/NC(=O)c1cc(-c2cccnc2)nc2ccccc12)c1ccc(S(=O)(=O)NCc2ccco2)cc1. The molecule has 2 N–H and O–H groups in total. The van der Waals surface area contributed by atoms with E-state index in [1.54, 1.807) is 49.6 Å². The molecule has 3 heterocycles. The number of para-hydroxylation sites is 1. The van der Waals surface area contributed by atoms with Gasteiger partial charge in [0.1, 0.15) is 5.76 Å². The van der Waals surface area contributed by atoms with Gasteiger partial charge in [-0.05, 0) is 61.0 Å². The van der Waals surface area contributed by atoms with E-state index in [0.717, 1.165) is 5.56 Å². The molecule has 0 fully saturated rings. The van der Waals surface area contributed by atoms with Crippen LogP contribution in [0, 0.1) is 0 Å². The van der Waals surface area contributed by atoms with Crippen LogP contribution in [0.4, 0.5) is 0 Å². The minimum atomic E-state index is -3.72. The first kappa shape index (κ1) is 25.0. The fraction of sp³-hybridized carbons (Fsp3) is 0.0714. The molecule has 0 aliphatic carbocycles. The van der Waals surface area contributed by atoms with Crippen molar-refractivity contribution < 1.29 is 17.6 Å². The van der Waals surface area contributed by atoms with Crippen molar-refractivity contribution in [2.45, 2.75) is 18.4 Å². The lowest BCUT2D eigenvalue weighted by atomic mass is 10.0. The van der Waals surface area contributed by atoms with Gasteiger partial charge in [0.25, 0.3) is 5.91 Å². The first-order chi connectivity index (χ1) is 18.4. The van der Waals surface area contributed by atoms with Gasteiger partial charge in [0, 0.05) is 23.3 Å². The van der Waals surface area contributed by atoms with Crippen LogP contribution in [0.3, 0.4) is 0 Å². The molecule has 38 heavy (non-hydrogen) atoms. The zero-order valence-electron chi connectivity index (χ0n) is 20.3. The third-order valence-electron chi connectivity index (χ3n) is 5.84. The Bertz CT molecular complexity index is 1720. The van der Waals surface area contributed by atoms with Crippen molar-refractivity contribution in [1.82, 2.24) is 20.1 Å². The Morgan fingerprint density at radius 1 is 1.00 bits per heavy atom. The van der Waals surface area contributed by atoms with Gasteiger partial charge in [-0.15, -0.1) is 0 Å². The number of nitrogens with zero attached hydrogens (tertiary/aromatic N) is 3. The summed E-state index contributed by atoms with van der Waals surface area (Å²) in [5, 5.41) is 4.95. The van der Waals surface area contributed by atoms with Crippen molar-refractivity contribution in [3.05, 3.63) is 114 Å². The maximum absolute atomic E-state index is 13.2. The number of hydrogen-bond donors (Lipinski definition) is 2. The zero-order chi connectivity index (χ0) is 26.5. The number of hydrogen-bond acceptors (Lipinski definition) is 7. The Morgan fingerprint density at radius 3 is 2.55 bits per heavy atom. The number of nitrogens with one attached hydrogen (secondary N) is 2. The van der Waals surface area contributed by atoms with E-state index in [9.17, 15) is 13.2 Å². The molecule has 5 aromatic rings. The highest BCUT2D eigenvalue weighted by Crippen LogP contribution is 2.24. The van der Waals surface area contributed by atoms with Crippen molar-refractivity contribution >= 4 is 32.5 Å². The van der Waals surface area contributed by atoms with Gasteiger partial charge in [-0.3, -0.25) is 9.78 Å². The molecule has 0 saturated heterocycles. The lowest BCUT2D eigenvalue weighted by molar-refractivity contribution is 0.0956. The summed E-state index contributed by atoms with van der Waals surface area (Å²) in [5.74, 6) is 0.118. The maximum Gasteiger partial charge on any atom is 0.272 e. The van der Waals surface area contributed by atoms with Crippen molar-refractivity contribution in [2.75, 3.05) is 0 Å². The number of benzene rings is 2. The summed E-state index contributed by atoms with van der Waals surface area (Å²) in [7, 11) is -3.72. The molecular formula is C28H23N5O4S. The fourth-order valence-electron chi connectivity index (χ4n) is 3.82. The van der Waals surface area contributed by atoms with Gasteiger partial charge in [0.2, 0.25) is 10.0 Å². The predicted molar refractivity (Wildman–Crippen MR) is 144 cm³/mol. The third-order valence-corrected chi connectivity index (χ3v) is 7.26. The monoisotopic (exact) mass is 525 g/mol. The molecular weight excluding hydrogens is 502 g/mol. The van der Waals surface area contributed by atoms with Crippen molar-refractivity contribution in [3.63, 3.8) is 0 Å². The topological polar surface area (TPSA) is 127 Å². The van der Waals surface area contributed by atoms with Gasteiger partial charge in [0.05, 0.1) is 40.2 Å². The van der Waals surface area contributed by atoms with Crippen LogP contribution in [-0.2, 0) is 16.6 Å². The van der Waals surface area contributed by atoms with Crippen LogP contribution in [0.25, 0.3) is 22.2 Å². The van der Waals surface area contributed by atoms with Crippen LogP contribution in [0.15, 0.2) is 112 Å². The number of aromatic nitrogens is 2. The predicted octanol–water partition coefficient (Wildman–Crippen LogP) is 4.52. The normalized spacial score (nSPS) is 12.0. The fourth-order valence-corrected chi connectivity index (χ4v) is 4.82. The van der Waals surface area contributed by atoms with E-state index in [1.165, 1.54) is 18.4 Å². The van der Waals surface area contributed by atoms with Gasteiger partial charge in [-0.2, -0.15) is 5.10 Å². The summed E-state index contributed by atoms with van der Waals surface area (Å²) in [4.78, 5) is 22.1. The third kappa shape index (κ3) is 5.51. The number of carbonyl (C=O) groups is 1. The maximum atomic E-state index is 13.2. The first-order valence-corrected chi connectivity index (χ1v) is 13.2. The average molecular weight is 526 g/mol. The van der Waals surface area contributed by atoms with Gasteiger partial charge in [-0.1, -0.05) is 30.3 Å².